The third-order valence-corrected chi connectivity index (χ3v) is 6.61. The summed E-state index contributed by atoms with van der Waals surface area (Å²) in [5, 5.41) is 5.95. The highest BCUT2D eigenvalue weighted by Crippen LogP contribution is 2.43. The Balaban J connectivity index is 1.62. The largest absolute Gasteiger partial charge is 0.482 e. The molecule has 0 saturated carbocycles. The predicted molar refractivity (Wildman–Crippen MR) is 126 cm³/mol. The van der Waals surface area contributed by atoms with Gasteiger partial charge in [-0.2, -0.15) is 0 Å². The molecule has 3 heterocycles. The summed E-state index contributed by atoms with van der Waals surface area (Å²) in [7, 11) is 1.57. The molecule has 2 N–H and O–H groups in total. The molecule has 7 nitrogen and oxygen atoms in total. The summed E-state index contributed by atoms with van der Waals surface area (Å²) in [6, 6.07) is 7.52. The quantitative estimate of drug-likeness (QED) is 0.659. The Hall–Kier alpha value is -3.35. The first-order chi connectivity index (χ1) is 15.7. The Morgan fingerprint density at radius 3 is 2.82 bits per heavy atom. The number of ether oxygens (including phenoxy) is 2. The number of rotatable bonds is 6. The fourth-order valence-electron chi connectivity index (χ4n) is 4.70. The van der Waals surface area contributed by atoms with Crippen molar-refractivity contribution in [1.82, 2.24) is 15.6 Å². The van der Waals surface area contributed by atoms with E-state index in [1.165, 1.54) is 0 Å². The van der Waals surface area contributed by atoms with Gasteiger partial charge in [0, 0.05) is 48.0 Å². The highest BCUT2D eigenvalue weighted by molar-refractivity contribution is 5.97. The molecule has 1 saturated heterocycles. The second-order valence-electron chi connectivity index (χ2n) is 9.34. The maximum Gasteiger partial charge on any atom is 0.251 e. The van der Waals surface area contributed by atoms with Crippen LogP contribution in [0.5, 0.6) is 11.6 Å². The van der Waals surface area contributed by atoms with Crippen molar-refractivity contribution in [2.24, 2.45) is 11.8 Å². The van der Waals surface area contributed by atoms with E-state index in [2.05, 4.69) is 29.1 Å². The van der Waals surface area contributed by atoms with Gasteiger partial charge in [-0.15, -0.1) is 0 Å². The molecule has 0 spiro atoms. The summed E-state index contributed by atoms with van der Waals surface area (Å²) in [6.45, 7) is 10.2. The van der Waals surface area contributed by atoms with Gasteiger partial charge in [0.25, 0.3) is 5.91 Å². The number of piperidine rings is 1. The molecule has 0 bridgehead atoms. The van der Waals surface area contributed by atoms with Crippen LogP contribution in [0.2, 0.25) is 0 Å². The maximum absolute atomic E-state index is 13.1. The van der Waals surface area contributed by atoms with Gasteiger partial charge in [-0.25, -0.2) is 4.98 Å². The average Bonchev–Trinajstić information content (AvgIpc) is 3.14. The van der Waals surface area contributed by atoms with Crippen LogP contribution in [-0.4, -0.2) is 42.1 Å². The molecule has 1 aromatic carbocycles. The smallest absolute Gasteiger partial charge is 0.251 e. The van der Waals surface area contributed by atoms with Crippen LogP contribution in [0, 0.1) is 11.8 Å². The number of hydrogen-bond acceptors (Lipinski definition) is 5. The van der Waals surface area contributed by atoms with Crippen molar-refractivity contribution < 1.29 is 19.1 Å². The predicted octanol–water partition coefficient (Wildman–Crippen LogP) is 3.53. The molecule has 4 rings (SSSR count). The van der Waals surface area contributed by atoms with E-state index in [0.717, 1.165) is 28.9 Å². The highest BCUT2D eigenvalue weighted by atomic mass is 16.5. The first-order valence-electron chi connectivity index (χ1n) is 11.3. The van der Waals surface area contributed by atoms with Crippen molar-refractivity contribution in [2.75, 3.05) is 13.7 Å². The van der Waals surface area contributed by atoms with Gasteiger partial charge < -0.3 is 20.1 Å². The van der Waals surface area contributed by atoms with E-state index in [-0.39, 0.29) is 29.7 Å². The van der Waals surface area contributed by atoms with Gasteiger partial charge in [-0.3, -0.25) is 9.59 Å². The molecule has 33 heavy (non-hydrogen) atoms. The molecule has 1 aromatic heterocycles. The fourth-order valence-corrected chi connectivity index (χ4v) is 4.70. The monoisotopic (exact) mass is 449 g/mol. The van der Waals surface area contributed by atoms with Crippen molar-refractivity contribution in [3.63, 3.8) is 0 Å². The number of methoxy groups -OCH3 is 1. The number of aromatic nitrogens is 1. The first kappa shape index (κ1) is 22.8. The normalized spacial score (nSPS) is 26.1. The Bertz CT molecular complexity index is 1080. The van der Waals surface area contributed by atoms with Gasteiger partial charge in [0.05, 0.1) is 13.0 Å². The van der Waals surface area contributed by atoms with Crippen LogP contribution in [0.1, 0.15) is 43.1 Å². The molecule has 7 heteroatoms. The number of nitrogens with zero attached hydrogens (tertiary/aromatic N) is 1. The second-order valence-corrected chi connectivity index (χ2v) is 9.34. The number of amides is 2. The minimum Gasteiger partial charge on any atom is -0.482 e. The lowest BCUT2D eigenvalue weighted by atomic mass is 9.84. The lowest BCUT2D eigenvalue weighted by molar-refractivity contribution is -0.129. The van der Waals surface area contributed by atoms with Crippen LogP contribution in [0.25, 0.3) is 11.1 Å². The van der Waals surface area contributed by atoms with Gasteiger partial charge in [0.2, 0.25) is 11.8 Å². The number of fused-ring (bicyclic) bond motifs is 1. The van der Waals surface area contributed by atoms with E-state index in [1.807, 2.05) is 32.0 Å². The van der Waals surface area contributed by atoms with Crippen molar-refractivity contribution >= 4 is 11.8 Å². The number of carbonyl (C=O) groups is 2. The summed E-state index contributed by atoms with van der Waals surface area (Å²) in [6.07, 6.45) is 5.01. The summed E-state index contributed by atoms with van der Waals surface area (Å²) in [5.74, 6) is 0.987. The van der Waals surface area contributed by atoms with Crippen LogP contribution in [-0.2, 0) is 11.2 Å². The van der Waals surface area contributed by atoms with Crippen molar-refractivity contribution in [3.05, 3.63) is 54.2 Å². The van der Waals surface area contributed by atoms with Crippen LogP contribution in [0.4, 0.5) is 0 Å². The minimum absolute atomic E-state index is 0.00403. The third-order valence-electron chi connectivity index (χ3n) is 6.61. The number of pyridine rings is 1. The number of hydrogen-bond donors (Lipinski definition) is 2. The zero-order chi connectivity index (χ0) is 23.8. The molecule has 2 amide bonds. The van der Waals surface area contributed by atoms with Crippen LogP contribution < -0.4 is 20.1 Å². The van der Waals surface area contributed by atoms with Crippen LogP contribution >= 0.6 is 0 Å². The third kappa shape index (κ3) is 4.58. The van der Waals surface area contributed by atoms with E-state index >= 15 is 0 Å². The van der Waals surface area contributed by atoms with Gasteiger partial charge >= 0.3 is 0 Å². The van der Waals surface area contributed by atoms with E-state index in [4.69, 9.17) is 9.47 Å². The molecule has 2 aliphatic heterocycles. The Kier molecular flexibility index (Phi) is 6.15. The van der Waals surface area contributed by atoms with Crippen molar-refractivity contribution in [1.29, 1.82) is 0 Å². The summed E-state index contributed by atoms with van der Waals surface area (Å²) in [4.78, 5) is 29.9. The Labute approximate surface area is 194 Å². The summed E-state index contributed by atoms with van der Waals surface area (Å²) in [5.41, 5.74) is 2.53. The molecule has 2 aliphatic rings. The molecular weight excluding hydrogens is 418 g/mol. The van der Waals surface area contributed by atoms with E-state index in [9.17, 15) is 9.59 Å². The standard InChI is InChI=1S/C26H31N3O4/c1-6-26(4)12-19-10-18(24(30)28-14-21-15(2)9-16(3)29-25(21)31)11-20(23(19)33-26)17-7-8-22(32-5)27-13-17/h6-8,10-11,13,15-16,21H,1,9,12,14H2,2-5H3,(H,28,30)(H,29,31). The van der Waals surface area contributed by atoms with Gasteiger partial charge in [0.15, 0.2) is 0 Å². The number of carbonyl (C=O) groups excluding carboxylic acids is 2. The zero-order valence-electron chi connectivity index (χ0n) is 19.6. The second kappa shape index (κ2) is 8.89. The van der Waals surface area contributed by atoms with Gasteiger partial charge in [0.1, 0.15) is 11.4 Å². The molecule has 2 aromatic rings. The lowest BCUT2D eigenvalue weighted by Gasteiger charge is -2.32. The SMILES string of the molecule is C=CC1(C)Cc2cc(C(=O)NCC3C(=O)NC(C)CC3C)cc(-c3ccc(OC)nc3)c2O1. The van der Waals surface area contributed by atoms with E-state index in [0.29, 0.717) is 24.4 Å². The molecule has 1 fully saturated rings. The van der Waals surface area contributed by atoms with Gasteiger partial charge in [-0.1, -0.05) is 13.5 Å². The maximum atomic E-state index is 13.1. The van der Waals surface area contributed by atoms with E-state index in [1.54, 1.807) is 25.4 Å². The summed E-state index contributed by atoms with van der Waals surface area (Å²) >= 11 is 0. The molecular formula is C26H31N3O4. The average molecular weight is 450 g/mol. The van der Waals surface area contributed by atoms with Crippen LogP contribution in [0.3, 0.4) is 0 Å². The molecule has 0 aliphatic carbocycles. The number of benzene rings is 1. The molecule has 4 atom stereocenters. The van der Waals surface area contributed by atoms with E-state index < -0.39 is 5.60 Å². The van der Waals surface area contributed by atoms with Crippen LogP contribution in [0.15, 0.2) is 43.1 Å². The van der Waals surface area contributed by atoms with Crippen molar-refractivity contribution in [3.8, 4) is 22.8 Å². The fraction of sp³-hybridized carbons (Fsp3) is 0.423. The Morgan fingerprint density at radius 2 is 2.18 bits per heavy atom. The zero-order valence-corrected chi connectivity index (χ0v) is 19.6. The molecule has 4 unspecified atom stereocenters. The highest BCUT2D eigenvalue weighted by Gasteiger charge is 2.35. The minimum atomic E-state index is -0.543. The molecule has 0 radical (unpaired) electrons. The summed E-state index contributed by atoms with van der Waals surface area (Å²) < 4.78 is 11.4. The van der Waals surface area contributed by atoms with Gasteiger partial charge in [-0.05, 0) is 56.0 Å². The van der Waals surface area contributed by atoms with Crippen molar-refractivity contribution in [2.45, 2.75) is 45.3 Å². The first-order valence-corrected chi connectivity index (χ1v) is 11.3. The topological polar surface area (TPSA) is 89.6 Å². The Morgan fingerprint density at radius 1 is 1.39 bits per heavy atom. The lowest BCUT2D eigenvalue weighted by Crippen LogP contribution is -2.50. The number of nitrogens with one attached hydrogen (secondary N) is 2. The molecule has 174 valence electrons.